The molecule has 3 rings (SSSR count). The molecule has 124 valence electrons. The minimum absolute atomic E-state index is 0.0249. The van der Waals surface area contributed by atoms with Crippen molar-refractivity contribution in [2.45, 2.75) is 25.1 Å². The van der Waals surface area contributed by atoms with Crippen molar-refractivity contribution in [3.63, 3.8) is 0 Å². The number of rotatable bonds is 5. The molecule has 0 N–H and O–H groups in total. The lowest BCUT2D eigenvalue weighted by Crippen LogP contribution is -2.31. The molecule has 1 saturated heterocycles. The number of amides is 1. The number of halogens is 1. The molecular weight excluding hydrogens is 345 g/mol. The molecule has 0 spiro atoms. The molecule has 2 heterocycles. The second-order valence-corrected chi connectivity index (χ2v) is 7.36. The maximum absolute atomic E-state index is 13.0. The van der Waals surface area contributed by atoms with Gasteiger partial charge in [0, 0.05) is 4.88 Å². The van der Waals surface area contributed by atoms with Crippen LogP contribution in [0.3, 0.4) is 0 Å². The van der Waals surface area contributed by atoms with Gasteiger partial charge in [0.2, 0.25) is 5.91 Å². The molecule has 2 aromatic rings. The Bertz CT molecular complexity index is 757. The zero-order valence-electron chi connectivity index (χ0n) is 13.1. The van der Waals surface area contributed by atoms with Gasteiger partial charge in [0.25, 0.3) is 0 Å². The molecule has 0 unspecified atom stereocenters. The van der Waals surface area contributed by atoms with E-state index < -0.39 is 0 Å². The van der Waals surface area contributed by atoms with Gasteiger partial charge in [-0.2, -0.15) is 5.10 Å². The Hall–Kier alpha value is -1.99. The average molecular weight is 361 g/mol. The number of thioether (sulfide) groups is 1. The monoisotopic (exact) mass is 361 g/mol. The molecular formula is C17H16FN3OS2. The fourth-order valence-corrected chi connectivity index (χ4v) is 3.87. The van der Waals surface area contributed by atoms with E-state index in [1.165, 1.54) is 23.9 Å². The number of carbonyl (C=O) groups is 1. The number of nitrogens with zero attached hydrogens (tertiary/aromatic N) is 3. The Labute approximate surface area is 148 Å². The first-order valence-electron chi connectivity index (χ1n) is 7.54. The maximum Gasteiger partial charge on any atom is 0.242 e. The lowest BCUT2D eigenvalue weighted by Gasteiger charge is -2.15. The summed E-state index contributed by atoms with van der Waals surface area (Å²) in [5, 5.41) is 10.7. The molecule has 1 aromatic carbocycles. The van der Waals surface area contributed by atoms with E-state index in [0.717, 1.165) is 16.9 Å². The van der Waals surface area contributed by atoms with Crippen LogP contribution >= 0.6 is 23.1 Å². The highest BCUT2D eigenvalue weighted by molar-refractivity contribution is 8.15. The van der Waals surface area contributed by atoms with Crippen molar-refractivity contribution in [2.75, 3.05) is 0 Å². The van der Waals surface area contributed by atoms with Crippen LogP contribution in [0.25, 0.3) is 0 Å². The van der Waals surface area contributed by atoms with Gasteiger partial charge >= 0.3 is 0 Å². The SMILES string of the molecule is CC[C@H]1S/C(=N\N=C/c2cccs2)N(Cc2ccc(F)cc2)C1=O. The van der Waals surface area contributed by atoms with E-state index in [-0.39, 0.29) is 17.0 Å². The lowest BCUT2D eigenvalue weighted by molar-refractivity contribution is -0.126. The lowest BCUT2D eigenvalue weighted by atomic mass is 10.2. The largest absolute Gasteiger partial charge is 0.284 e. The topological polar surface area (TPSA) is 45.0 Å². The third-order valence-electron chi connectivity index (χ3n) is 3.52. The van der Waals surface area contributed by atoms with Gasteiger partial charge in [-0.1, -0.05) is 36.9 Å². The third kappa shape index (κ3) is 3.91. The van der Waals surface area contributed by atoms with Crippen molar-refractivity contribution >= 4 is 40.4 Å². The molecule has 1 aliphatic rings. The maximum atomic E-state index is 13.0. The summed E-state index contributed by atoms with van der Waals surface area (Å²) in [6.45, 7) is 2.35. The fraction of sp³-hybridized carbons (Fsp3) is 0.235. The van der Waals surface area contributed by atoms with Gasteiger partial charge in [-0.3, -0.25) is 9.69 Å². The first kappa shape index (κ1) is 16.9. The predicted molar refractivity (Wildman–Crippen MR) is 98.0 cm³/mol. The Kier molecular flexibility index (Phi) is 5.42. The van der Waals surface area contributed by atoms with Crippen molar-refractivity contribution in [1.82, 2.24) is 4.90 Å². The van der Waals surface area contributed by atoms with Crippen molar-refractivity contribution in [3.05, 3.63) is 58.0 Å². The van der Waals surface area contributed by atoms with Gasteiger partial charge in [0.05, 0.1) is 18.0 Å². The zero-order chi connectivity index (χ0) is 16.9. The Balaban J connectivity index is 1.79. The summed E-state index contributed by atoms with van der Waals surface area (Å²) in [4.78, 5) is 15.1. The molecule has 0 bridgehead atoms. The van der Waals surface area contributed by atoms with E-state index >= 15 is 0 Å². The van der Waals surface area contributed by atoms with E-state index in [4.69, 9.17) is 0 Å². The third-order valence-corrected chi connectivity index (χ3v) is 5.66. The summed E-state index contributed by atoms with van der Waals surface area (Å²) >= 11 is 3.00. The molecule has 0 saturated carbocycles. The number of hydrogen-bond acceptors (Lipinski definition) is 5. The normalized spacial score (nSPS) is 19.8. The Morgan fingerprint density at radius 3 is 2.75 bits per heavy atom. The van der Waals surface area contributed by atoms with Crippen molar-refractivity contribution < 1.29 is 9.18 Å². The summed E-state index contributed by atoms with van der Waals surface area (Å²) in [6, 6.07) is 10.0. The molecule has 24 heavy (non-hydrogen) atoms. The van der Waals surface area contributed by atoms with Gasteiger partial charge in [0.15, 0.2) is 5.17 Å². The van der Waals surface area contributed by atoms with Crippen LogP contribution in [0.2, 0.25) is 0 Å². The van der Waals surface area contributed by atoms with Crippen LogP contribution in [0.4, 0.5) is 4.39 Å². The summed E-state index contributed by atoms with van der Waals surface area (Å²) in [7, 11) is 0. The molecule has 0 aliphatic carbocycles. The van der Waals surface area contributed by atoms with Crippen molar-refractivity contribution in [2.24, 2.45) is 10.2 Å². The molecule has 1 fully saturated rings. The number of amidine groups is 1. The smallest absolute Gasteiger partial charge is 0.242 e. The van der Waals surface area contributed by atoms with Crippen molar-refractivity contribution in [3.8, 4) is 0 Å². The standard InChI is InChI=1S/C17H16FN3OS2/c1-2-15-16(22)21(11-12-5-7-13(18)8-6-12)17(24-15)20-19-10-14-4-3-9-23-14/h3-10,15H,2,11H2,1H3/b19-10-,20-17-/t15-/m1/s1. The molecule has 1 atom stereocenters. The highest BCUT2D eigenvalue weighted by Gasteiger charge is 2.36. The van der Waals surface area contributed by atoms with Crippen LogP contribution < -0.4 is 0 Å². The first-order chi connectivity index (χ1) is 11.7. The second-order valence-electron chi connectivity index (χ2n) is 5.21. The quantitative estimate of drug-likeness (QED) is 0.594. The van der Waals surface area contributed by atoms with Crippen LogP contribution in [-0.2, 0) is 11.3 Å². The minimum atomic E-state index is -0.290. The number of hydrogen-bond donors (Lipinski definition) is 0. The summed E-state index contributed by atoms with van der Waals surface area (Å²) in [6.07, 6.45) is 2.41. The van der Waals surface area contributed by atoms with E-state index in [2.05, 4.69) is 10.2 Å². The van der Waals surface area contributed by atoms with Gasteiger partial charge in [-0.25, -0.2) is 4.39 Å². The molecule has 1 amide bonds. The number of carbonyl (C=O) groups excluding carboxylic acids is 1. The number of benzene rings is 1. The molecule has 1 aromatic heterocycles. The van der Waals surface area contributed by atoms with Crippen LogP contribution in [0.1, 0.15) is 23.8 Å². The zero-order valence-corrected chi connectivity index (χ0v) is 14.7. The van der Waals surface area contributed by atoms with Gasteiger partial charge in [-0.15, -0.1) is 16.4 Å². The van der Waals surface area contributed by atoms with Crippen LogP contribution in [-0.4, -0.2) is 27.4 Å². The highest BCUT2D eigenvalue weighted by Crippen LogP contribution is 2.30. The first-order valence-corrected chi connectivity index (χ1v) is 9.30. The Morgan fingerprint density at radius 1 is 1.29 bits per heavy atom. The van der Waals surface area contributed by atoms with E-state index in [1.54, 1.807) is 34.6 Å². The molecule has 7 heteroatoms. The second kappa shape index (κ2) is 7.72. The van der Waals surface area contributed by atoms with E-state index in [9.17, 15) is 9.18 Å². The summed E-state index contributed by atoms with van der Waals surface area (Å²) in [5.41, 5.74) is 0.858. The van der Waals surface area contributed by atoms with Crippen molar-refractivity contribution in [1.29, 1.82) is 0 Å². The highest BCUT2D eigenvalue weighted by atomic mass is 32.2. The number of thiophene rings is 1. The average Bonchev–Trinajstić information content (AvgIpc) is 3.20. The van der Waals surface area contributed by atoms with Gasteiger partial charge < -0.3 is 0 Å². The minimum Gasteiger partial charge on any atom is -0.284 e. The van der Waals surface area contributed by atoms with E-state index in [0.29, 0.717) is 11.7 Å². The van der Waals surface area contributed by atoms with Crippen LogP contribution in [0, 0.1) is 5.82 Å². The summed E-state index contributed by atoms with van der Waals surface area (Å²) < 4.78 is 13.0. The van der Waals surface area contributed by atoms with Gasteiger partial charge in [-0.05, 0) is 35.6 Å². The molecule has 1 aliphatic heterocycles. The Morgan fingerprint density at radius 2 is 2.08 bits per heavy atom. The molecule has 0 radical (unpaired) electrons. The fourth-order valence-electron chi connectivity index (χ4n) is 2.26. The molecule has 4 nitrogen and oxygen atoms in total. The van der Waals surface area contributed by atoms with E-state index in [1.807, 2.05) is 24.4 Å². The summed E-state index contributed by atoms with van der Waals surface area (Å²) in [5.74, 6) is -0.265. The van der Waals surface area contributed by atoms with Crippen LogP contribution in [0.15, 0.2) is 52.0 Å². The van der Waals surface area contributed by atoms with Gasteiger partial charge in [0.1, 0.15) is 5.82 Å². The van der Waals surface area contributed by atoms with Crippen LogP contribution in [0.5, 0.6) is 0 Å². The predicted octanol–water partition coefficient (Wildman–Crippen LogP) is 4.13.